The van der Waals surface area contributed by atoms with Crippen molar-refractivity contribution >= 4 is 0 Å². The van der Waals surface area contributed by atoms with Gasteiger partial charge in [0.25, 0.3) is 5.56 Å². The van der Waals surface area contributed by atoms with Gasteiger partial charge in [0.15, 0.2) is 6.23 Å². The normalized spacial score (nSPS) is 41.0. The van der Waals surface area contributed by atoms with Crippen molar-refractivity contribution in [2.75, 3.05) is 6.61 Å². The summed E-state index contributed by atoms with van der Waals surface area (Å²) in [5.41, 5.74) is -6.49. The van der Waals surface area contributed by atoms with Crippen LogP contribution in [-0.4, -0.2) is 48.3 Å². The molecule has 0 aliphatic carbocycles. The van der Waals surface area contributed by atoms with E-state index in [2.05, 4.69) is 0 Å². The van der Waals surface area contributed by atoms with Crippen molar-refractivity contribution in [3.05, 3.63) is 33.1 Å². The molecule has 8 heteroatoms. The van der Waals surface area contributed by atoms with Crippen molar-refractivity contribution < 1.29 is 20.1 Å². The van der Waals surface area contributed by atoms with Gasteiger partial charge in [-0.25, -0.2) is 4.79 Å². The molecule has 1 aromatic rings. The molecule has 0 aromatic carbocycles. The van der Waals surface area contributed by atoms with Crippen molar-refractivity contribution in [3.63, 3.8) is 0 Å². The summed E-state index contributed by atoms with van der Waals surface area (Å²) in [4.78, 5) is 24.9. The van der Waals surface area contributed by atoms with Crippen molar-refractivity contribution in [3.8, 4) is 0 Å². The van der Waals surface area contributed by atoms with Crippen molar-refractivity contribution in [2.24, 2.45) is 0 Å². The minimum atomic E-state index is -1.85. The number of aromatic amines is 1. The van der Waals surface area contributed by atoms with Gasteiger partial charge >= 0.3 is 5.69 Å². The average Bonchev–Trinajstić information content (AvgIpc) is 2.48. The fourth-order valence-electron chi connectivity index (χ4n) is 2.38. The molecule has 0 saturated carbocycles. The van der Waals surface area contributed by atoms with Gasteiger partial charge in [0, 0.05) is 12.3 Å². The summed E-state index contributed by atoms with van der Waals surface area (Å²) >= 11 is 0. The lowest BCUT2D eigenvalue weighted by Crippen LogP contribution is -2.60. The molecule has 4 unspecified atom stereocenters. The fraction of sp³-hybridized carbons (Fsp3) is 0.667. The molecule has 112 valence electrons. The summed E-state index contributed by atoms with van der Waals surface area (Å²) in [7, 11) is 0. The van der Waals surface area contributed by atoms with Crippen molar-refractivity contribution in [2.45, 2.75) is 43.8 Å². The van der Waals surface area contributed by atoms with Gasteiger partial charge in [-0.3, -0.25) is 14.3 Å². The summed E-state index contributed by atoms with van der Waals surface area (Å²) in [5, 5.41) is 30.5. The largest absolute Gasteiger partial charge is 0.393 e. The molecule has 20 heavy (non-hydrogen) atoms. The lowest BCUT2D eigenvalue weighted by atomic mass is 9.76. The molecule has 1 aromatic heterocycles. The smallest absolute Gasteiger partial charge is 0.330 e. The number of aliphatic hydroxyl groups excluding tert-OH is 1. The van der Waals surface area contributed by atoms with Crippen LogP contribution in [0.15, 0.2) is 21.9 Å². The zero-order valence-corrected chi connectivity index (χ0v) is 11.5. The Morgan fingerprint density at radius 2 is 1.95 bits per heavy atom. The summed E-state index contributed by atoms with van der Waals surface area (Å²) in [5.74, 6) is 0. The van der Waals surface area contributed by atoms with E-state index in [9.17, 15) is 24.9 Å². The Morgan fingerprint density at radius 1 is 1.35 bits per heavy atom. The molecule has 0 amide bonds. The molecule has 0 spiro atoms. The van der Waals surface area contributed by atoms with Gasteiger partial charge in [0.1, 0.15) is 16.8 Å². The number of aromatic nitrogens is 2. The number of H-pyrrole nitrogens is 1. The minimum absolute atomic E-state index is 0.551. The number of hydrogen-bond acceptors (Lipinski definition) is 6. The van der Waals surface area contributed by atoms with E-state index in [1.165, 1.54) is 27.0 Å². The second-order valence-electron chi connectivity index (χ2n) is 5.60. The van der Waals surface area contributed by atoms with Gasteiger partial charge in [-0.1, -0.05) is 0 Å². The maximum Gasteiger partial charge on any atom is 0.330 e. The molecule has 0 radical (unpaired) electrons. The maximum absolute atomic E-state index is 11.8. The lowest BCUT2D eigenvalue weighted by molar-refractivity contribution is -0.162. The van der Waals surface area contributed by atoms with Gasteiger partial charge in [0.05, 0.1) is 6.61 Å². The standard InChI is InChI=1S/C12H18N2O6/c1-10(6-15)12(3,19)11(2,18)8(20-10)14-5-4-7(16)13-9(14)17/h4-5,8,15,18-19H,6H2,1-3H3,(H,13,16,17). The monoisotopic (exact) mass is 286 g/mol. The van der Waals surface area contributed by atoms with Crippen LogP contribution in [0, 0.1) is 0 Å². The molecule has 2 rings (SSSR count). The maximum atomic E-state index is 11.8. The van der Waals surface area contributed by atoms with Gasteiger partial charge < -0.3 is 20.1 Å². The highest BCUT2D eigenvalue weighted by molar-refractivity contribution is 5.14. The third kappa shape index (κ3) is 1.76. The molecule has 1 fully saturated rings. The van der Waals surface area contributed by atoms with Crippen molar-refractivity contribution in [1.29, 1.82) is 0 Å². The third-order valence-corrected chi connectivity index (χ3v) is 4.27. The van der Waals surface area contributed by atoms with Crippen LogP contribution in [0.5, 0.6) is 0 Å². The van der Waals surface area contributed by atoms with Crippen LogP contribution in [0.4, 0.5) is 0 Å². The highest BCUT2D eigenvalue weighted by atomic mass is 16.6. The first-order valence-corrected chi connectivity index (χ1v) is 6.12. The van der Waals surface area contributed by atoms with Crippen LogP contribution in [0.1, 0.15) is 27.0 Å². The highest BCUT2D eigenvalue weighted by Gasteiger charge is 2.67. The summed E-state index contributed by atoms with van der Waals surface area (Å²) in [6.07, 6.45) is -0.0848. The first-order chi connectivity index (χ1) is 9.07. The molecule has 2 heterocycles. The molecule has 8 nitrogen and oxygen atoms in total. The van der Waals surface area contributed by atoms with Crippen LogP contribution < -0.4 is 11.2 Å². The number of hydrogen-bond donors (Lipinski definition) is 4. The van der Waals surface area contributed by atoms with Crippen LogP contribution in [0.3, 0.4) is 0 Å². The van der Waals surface area contributed by atoms with Crippen LogP contribution >= 0.6 is 0 Å². The van der Waals surface area contributed by atoms with Gasteiger partial charge in [-0.2, -0.15) is 0 Å². The van der Waals surface area contributed by atoms with E-state index in [-0.39, 0.29) is 0 Å². The quantitative estimate of drug-likeness (QED) is 0.514. The van der Waals surface area contributed by atoms with Gasteiger partial charge in [-0.05, 0) is 20.8 Å². The molecule has 0 bridgehead atoms. The third-order valence-electron chi connectivity index (χ3n) is 4.27. The van der Waals surface area contributed by atoms with E-state index < -0.39 is 40.9 Å². The number of nitrogens with zero attached hydrogens (tertiary/aromatic N) is 1. The summed E-state index contributed by atoms with van der Waals surface area (Å²) < 4.78 is 6.50. The lowest BCUT2D eigenvalue weighted by Gasteiger charge is -2.39. The van der Waals surface area contributed by atoms with E-state index in [1.54, 1.807) is 0 Å². The average molecular weight is 286 g/mol. The molecule has 4 N–H and O–H groups in total. The number of aliphatic hydroxyl groups is 3. The first kappa shape index (κ1) is 14.9. The predicted octanol–water partition coefficient (Wildman–Crippen LogP) is -1.68. The van der Waals surface area contributed by atoms with Crippen molar-refractivity contribution in [1.82, 2.24) is 9.55 Å². The second-order valence-corrected chi connectivity index (χ2v) is 5.60. The Morgan fingerprint density at radius 3 is 2.40 bits per heavy atom. The molecule has 1 aliphatic heterocycles. The van der Waals surface area contributed by atoms with E-state index in [4.69, 9.17) is 4.74 Å². The van der Waals surface area contributed by atoms with Gasteiger partial charge in [-0.15, -0.1) is 0 Å². The fourth-order valence-corrected chi connectivity index (χ4v) is 2.38. The zero-order chi connectivity index (χ0) is 15.3. The molecule has 1 saturated heterocycles. The van der Waals surface area contributed by atoms with E-state index >= 15 is 0 Å². The number of rotatable bonds is 2. The highest BCUT2D eigenvalue weighted by Crippen LogP contribution is 2.50. The summed E-state index contributed by atoms with van der Waals surface area (Å²) in [6, 6.07) is 1.10. The number of ether oxygens (including phenoxy) is 1. The first-order valence-electron chi connectivity index (χ1n) is 6.12. The zero-order valence-electron chi connectivity index (χ0n) is 11.5. The molecule has 4 atom stereocenters. The Balaban J connectivity index is 2.59. The van der Waals surface area contributed by atoms with E-state index in [1.807, 2.05) is 4.98 Å². The van der Waals surface area contributed by atoms with Crippen LogP contribution in [0.2, 0.25) is 0 Å². The Bertz CT molecular complexity index is 631. The topological polar surface area (TPSA) is 125 Å². The van der Waals surface area contributed by atoms with E-state index in [0.717, 1.165) is 10.6 Å². The predicted molar refractivity (Wildman–Crippen MR) is 68.2 cm³/mol. The number of nitrogens with one attached hydrogen (secondary N) is 1. The summed E-state index contributed by atoms with van der Waals surface area (Å²) in [6.45, 7) is 3.50. The SMILES string of the molecule is CC1(CO)OC(n2ccc(=O)[nH]c2=O)C(C)(O)C1(C)O. The molecule has 1 aliphatic rings. The van der Waals surface area contributed by atoms with Gasteiger partial charge in [0.2, 0.25) is 0 Å². The second kappa shape index (κ2) is 4.26. The Labute approximate surface area is 114 Å². The molecular weight excluding hydrogens is 268 g/mol. The van der Waals surface area contributed by atoms with Crippen LogP contribution in [0.25, 0.3) is 0 Å². The van der Waals surface area contributed by atoms with Crippen LogP contribution in [-0.2, 0) is 4.74 Å². The minimum Gasteiger partial charge on any atom is -0.393 e. The molecular formula is C12H18N2O6. The Hall–Kier alpha value is -1.48. The van der Waals surface area contributed by atoms with E-state index in [0.29, 0.717) is 0 Å². The Kier molecular flexibility index (Phi) is 3.17.